The van der Waals surface area contributed by atoms with Crippen molar-refractivity contribution in [2.24, 2.45) is 5.41 Å². The summed E-state index contributed by atoms with van der Waals surface area (Å²) >= 11 is 0. The first-order valence-electron chi connectivity index (χ1n) is 8.43. The molecule has 0 bridgehead atoms. The second-order valence-electron chi connectivity index (χ2n) is 6.92. The third-order valence-corrected chi connectivity index (χ3v) is 5.25. The lowest BCUT2D eigenvalue weighted by molar-refractivity contribution is -0.138. The SMILES string of the molecule is CCCn1nc(C)c(CN2C[C@]3(CCOC3)CCC2=O)c1C. The molecular weight excluding hydrogens is 278 g/mol. The van der Waals surface area contributed by atoms with Crippen molar-refractivity contribution in [1.82, 2.24) is 14.7 Å². The van der Waals surface area contributed by atoms with E-state index in [4.69, 9.17) is 4.74 Å². The second kappa shape index (κ2) is 6.03. The predicted molar refractivity (Wildman–Crippen MR) is 84.5 cm³/mol. The van der Waals surface area contributed by atoms with Gasteiger partial charge >= 0.3 is 0 Å². The van der Waals surface area contributed by atoms with Crippen LogP contribution in [-0.2, 0) is 22.6 Å². The van der Waals surface area contributed by atoms with E-state index in [0.717, 1.165) is 51.3 Å². The van der Waals surface area contributed by atoms with E-state index < -0.39 is 0 Å². The maximum atomic E-state index is 12.4. The van der Waals surface area contributed by atoms with Crippen LogP contribution in [0.2, 0.25) is 0 Å². The summed E-state index contributed by atoms with van der Waals surface area (Å²) in [7, 11) is 0. The van der Waals surface area contributed by atoms with Crippen molar-refractivity contribution in [3.05, 3.63) is 17.0 Å². The number of rotatable bonds is 4. The lowest BCUT2D eigenvalue weighted by Gasteiger charge is -2.39. The van der Waals surface area contributed by atoms with Crippen molar-refractivity contribution in [2.75, 3.05) is 19.8 Å². The van der Waals surface area contributed by atoms with Crippen LogP contribution in [0.1, 0.15) is 49.6 Å². The molecule has 1 aromatic rings. The van der Waals surface area contributed by atoms with Crippen molar-refractivity contribution in [1.29, 1.82) is 0 Å². The third kappa shape index (κ3) is 2.78. The first-order valence-corrected chi connectivity index (χ1v) is 8.43. The molecule has 0 unspecified atom stereocenters. The molecule has 0 aromatic carbocycles. The lowest BCUT2D eigenvalue weighted by atomic mass is 9.79. The Balaban J connectivity index is 1.78. The standard InChI is InChI=1S/C17H27N3O2/c1-4-8-20-14(3)15(13(2)18-20)10-19-11-17(6-5-16(19)21)7-9-22-12-17/h4-12H2,1-3H3/t17-/m1/s1. The number of carbonyl (C=O) groups is 1. The van der Waals surface area contributed by atoms with Crippen LogP contribution in [0.15, 0.2) is 0 Å². The monoisotopic (exact) mass is 305 g/mol. The van der Waals surface area contributed by atoms with E-state index >= 15 is 0 Å². The summed E-state index contributed by atoms with van der Waals surface area (Å²) in [6, 6.07) is 0. The molecule has 2 saturated heterocycles. The zero-order valence-corrected chi connectivity index (χ0v) is 14.0. The van der Waals surface area contributed by atoms with Crippen LogP contribution in [0, 0.1) is 19.3 Å². The highest BCUT2D eigenvalue weighted by Gasteiger charge is 2.41. The fourth-order valence-corrected chi connectivity index (χ4v) is 3.80. The number of aromatic nitrogens is 2. The van der Waals surface area contributed by atoms with E-state index in [0.29, 0.717) is 13.0 Å². The fourth-order valence-electron chi connectivity index (χ4n) is 3.80. The van der Waals surface area contributed by atoms with Gasteiger partial charge in [-0.25, -0.2) is 0 Å². The van der Waals surface area contributed by atoms with Gasteiger partial charge in [0.15, 0.2) is 0 Å². The van der Waals surface area contributed by atoms with Crippen LogP contribution < -0.4 is 0 Å². The minimum atomic E-state index is 0.204. The Bertz CT molecular complexity index is 558. The maximum Gasteiger partial charge on any atom is 0.222 e. The van der Waals surface area contributed by atoms with Gasteiger partial charge in [0, 0.05) is 49.3 Å². The third-order valence-electron chi connectivity index (χ3n) is 5.25. The highest BCUT2D eigenvalue weighted by Crippen LogP contribution is 2.38. The van der Waals surface area contributed by atoms with Crippen molar-refractivity contribution in [2.45, 2.75) is 59.5 Å². The van der Waals surface area contributed by atoms with Crippen LogP contribution in [-0.4, -0.2) is 40.3 Å². The highest BCUT2D eigenvalue weighted by molar-refractivity contribution is 5.77. The quantitative estimate of drug-likeness (QED) is 0.858. The molecule has 22 heavy (non-hydrogen) atoms. The van der Waals surface area contributed by atoms with E-state index in [1.165, 1.54) is 11.3 Å². The Labute approximate surface area is 132 Å². The Morgan fingerprint density at radius 1 is 1.32 bits per heavy atom. The fraction of sp³-hybridized carbons (Fsp3) is 0.765. The zero-order chi connectivity index (χ0) is 15.7. The molecule has 1 spiro atoms. The molecule has 3 heterocycles. The Morgan fingerprint density at radius 2 is 2.14 bits per heavy atom. The first-order chi connectivity index (χ1) is 10.5. The van der Waals surface area contributed by atoms with Gasteiger partial charge in [-0.15, -0.1) is 0 Å². The molecule has 1 atom stereocenters. The van der Waals surface area contributed by atoms with E-state index in [9.17, 15) is 4.79 Å². The number of nitrogens with zero attached hydrogens (tertiary/aromatic N) is 3. The summed E-state index contributed by atoms with van der Waals surface area (Å²) in [4.78, 5) is 14.4. The van der Waals surface area contributed by atoms with E-state index in [-0.39, 0.29) is 11.3 Å². The molecule has 2 aliphatic rings. The smallest absolute Gasteiger partial charge is 0.222 e. The van der Waals surface area contributed by atoms with Crippen LogP contribution >= 0.6 is 0 Å². The van der Waals surface area contributed by atoms with Crippen LogP contribution in [0.3, 0.4) is 0 Å². The van der Waals surface area contributed by atoms with Crippen LogP contribution in [0.5, 0.6) is 0 Å². The Kier molecular flexibility index (Phi) is 4.26. The van der Waals surface area contributed by atoms with E-state index in [1.807, 2.05) is 4.90 Å². The number of hydrogen-bond acceptors (Lipinski definition) is 3. The van der Waals surface area contributed by atoms with Gasteiger partial charge in [0.05, 0.1) is 12.3 Å². The summed E-state index contributed by atoms with van der Waals surface area (Å²) in [6.45, 7) is 10.5. The number of aryl methyl sites for hydroxylation is 2. The van der Waals surface area contributed by atoms with Gasteiger partial charge < -0.3 is 9.64 Å². The maximum absolute atomic E-state index is 12.4. The molecule has 2 aliphatic heterocycles. The van der Waals surface area contributed by atoms with Gasteiger partial charge in [-0.05, 0) is 33.1 Å². The van der Waals surface area contributed by atoms with Gasteiger partial charge in [-0.1, -0.05) is 6.92 Å². The summed E-state index contributed by atoms with van der Waals surface area (Å²) in [5, 5.41) is 4.63. The average molecular weight is 305 g/mol. The van der Waals surface area contributed by atoms with Gasteiger partial charge in [0.1, 0.15) is 0 Å². The molecule has 0 radical (unpaired) electrons. The first kappa shape index (κ1) is 15.5. The average Bonchev–Trinajstić information content (AvgIpc) is 3.04. The minimum absolute atomic E-state index is 0.204. The van der Waals surface area contributed by atoms with E-state index in [2.05, 4.69) is 30.6 Å². The van der Waals surface area contributed by atoms with Gasteiger partial charge in [0.2, 0.25) is 5.91 Å². The van der Waals surface area contributed by atoms with Crippen molar-refractivity contribution in [3.8, 4) is 0 Å². The van der Waals surface area contributed by atoms with Gasteiger partial charge in [-0.2, -0.15) is 5.10 Å². The number of likely N-dealkylation sites (tertiary alicyclic amines) is 1. The highest BCUT2D eigenvalue weighted by atomic mass is 16.5. The molecule has 2 fully saturated rings. The molecule has 0 aliphatic carbocycles. The minimum Gasteiger partial charge on any atom is -0.381 e. The molecule has 5 heteroatoms. The number of carbonyl (C=O) groups excluding carboxylic acids is 1. The largest absolute Gasteiger partial charge is 0.381 e. The zero-order valence-electron chi connectivity index (χ0n) is 14.0. The lowest BCUT2D eigenvalue weighted by Crippen LogP contribution is -2.46. The van der Waals surface area contributed by atoms with Crippen molar-refractivity contribution >= 4 is 5.91 Å². The Hall–Kier alpha value is -1.36. The summed E-state index contributed by atoms with van der Waals surface area (Å²) < 4.78 is 7.68. The predicted octanol–water partition coefficient (Wildman–Crippen LogP) is 2.44. The molecule has 3 rings (SSSR count). The van der Waals surface area contributed by atoms with E-state index in [1.54, 1.807) is 0 Å². The molecular formula is C17H27N3O2. The molecule has 0 saturated carbocycles. The summed E-state index contributed by atoms with van der Waals surface area (Å²) in [6.07, 6.45) is 3.80. The molecule has 0 N–H and O–H groups in total. The van der Waals surface area contributed by atoms with Crippen LogP contribution in [0.25, 0.3) is 0 Å². The van der Waals surface area contributed by atoms with Gasteiger partial charge in [-0.3, -0.25) is 9.48 Å². The normalized spacial score (nSPS) is 25.4. The molecule has 5 nitrogen and oxygen atoms in total. The topological polar surface area (TPSA) is 47.4 Å². The number of hydrogen-bond donors (Lipinski definition) is 0. The molecule has 1 aromatic heterocycles. The van der Waals surface area contributed by atoms with Gasteiger partial charge in [0.25, 0.3) is 0 Å². The number of ether oxygens (including phenoxy) is 1. The number of amides is 1. The van der Waals surface area contributed by atoms with Crippen molar-refractivity contribution < 1.29 is 9.53 Å². The number of piperidine rings is 1. The second-order valence-corrected chi connectivity index (χ2v) is 6.92. The summed E-state index contributed by atoms with van der Waals surface area (Å²) in [5.74, 6) is 0.277. The van der Waals surface area contributed by atoms with Crippen LogP contribution in [0.4, 0.5) is 0 Å². The van der Waals surface area contributed by atoms with Crippen molar-refractivity contribution in [3.63, 3.8) is 0 Å². The summed E-state index contributed by atoms with van der Waals surface area (Å²) in [5.41, 5.74) is 3.68. The molecule has 122 valence electrons. The Morgan fingerprint density at radius 3 is 2.82 bits per heavy atom. The molecule has 1 amide bonds.